The third-order valence-corrected chi connectivity index (χ3v) is 1.68. The number of carbonyl (C=O) groups excluding carboxylic acids is 3. The molecule has 2 amide bonds. The lowest BCUT2D eigenvalue weighted by molar-refractivity contribution is -0.152. The molecule has 0 aromatic rings. The summed E-state index contributed by atoms with van der Waals surface area (Å²) in [5.41, 5.74) is 0. The van der Waals surface area contributed by atoms with Crippen LogP contribution in [0.1, 0.15) is 6.92 Å². The van der Waals surface area contributed by atoms with Crippen LogP contribution in [0.3, 0.4) is 0 Å². The molecule has 3 N–H and O–H groups in total. The lowest BCUT2D eigenvalue weighted by Gasteiger charge is -2.07. The van der Waals surface area contributed by atoms with Crippen LogP contribution < -0.4 is 10.6 Å². The van der Waals surface area contributed by atoms with Crippen molar-refractivity contribution in [2.24, 2.45) is 0 Å². The van der Waals surface area contributed by atoms with Gasteiger partial charge in [0.05, 0.1) is 26.4 Å². The molecule has 0 radical (unpaired) electrons. The Morgan fingerprint density at radius 2 is 1.67 bits per heavy atom. The molecule has 8 nitrogen and oxygen atoms in total. The first kappa shape index (κ1) is 16.3. The van der Waals surface area contributed by atoms with Crippen molar-refractivity contribution in [1.29, 1.82) is 0 Å². The first-order chi connectivity index (χ1) is 8.57. The molecule has 0 spiro atoms. The molecule has 0 heterocycles. The van der Waals surface area contributed by atoms with Crippen LogP contribution in [0.15, 0.2) is 0 Å². The van der Waals surface area contributed by atoms with E-state index in [2.05, 4.69) is 15.4 Å². The number of ketones is 1. The maximum absolute atomic E-state index is 11.1. The molecule has 0 saturated heterocycles. The fraction of sp³-hybridized carbons (Fsp3) is 0.700. The normalized spacial score (nSPS) is 9.67. The first-order valence-electron chi connectivity index (χ1n) is 5.46. The van der Waals surface area contributed by atoms with Gasteiger partial charge in [0.1, 0.15) is 6.61 Å². The number of rotatable bonds is 9. The van der Waals surface area contributed by atoms with Gasteiger partial charge in [0, 0.05) is 13.5 Å². The molecule has 0 rings (SSSR count). The summed E-state index contributed by atoms with van der Waals surface area (Å²) in [5.74, 6) is -1.60. The molecule has 104 valence electrons. The number of hydrogen-bond donors (Lipinski definition) is 3. The minimum atomic E-state index is -0.922. The molecule has 0 aliphatic rings. The van der Waals surface area contributed by atoms with E-state index in [-0.39, 0.29) is 26.4 Å². The molecule has 18 heavy (non-hydrogen) atoms. The lowest BCUT2D eigenvalue weighted by atomic mass is 10.5. The summed E-state index contributed by atoms with van der Waals surface area (Å²) in [6.07, 6.45) is 0. The highest BCUT2D eigenvalue weighted by molar-refractivity contribution is 6.32. The van der Waals surface area contributed by atoms with Crippen molar-refractivity contribution in [2.75, 3.05) is 39.5 Å². The standard InChI is InChI=1S/C10H18N2O6/c1-8(14)9(15)18-6-3-12-10(16)11-2-5-17-7-4-13/h13H,2-7H2,1H3,(H2,11,12,16). The highest BCUT2D eigenvalue weighted by Crippen LogP contribution is 1.79. The number of hydrogen-bond acceptors (Lipinski definition) is 6. The van der Waals surface area contributed by atoms with E-state index in [0.717, 1.165) is 6.92 Å². The Morgan fingerprint density at radius 3 is 2.22 bits per heavy atom. The Bertz CT molecular complexity index is 282. The predicted molar refractivity (Wildman–Crippen MR) is 60.9 cm³/mol. The molecule has 0 saturated carbocycles. The summed E-state index contributed by atoms with van der Waals surface area (Å²) in [4.78, 5) is 32.3. The van der Waals surface area contributed by atoms with Crippen LogP contribution in [-0.2, 0) is 19.1 Å². The molecule has 0 atom stereocenters. The zero-order valence-corrected chi connectivity index (χ0v) is 10.2. The van der Waals surface area contributed by atoms with E-state index in [1.165, 1.54) is 0 Å². The fourth-order valence-corrected chi connectivity index (χ4v) is 0.876. The van der Waals surface area contributed by atoms with Crippen molar-refractivity contribution in [3.63, 3.8) is 0 Å². The summed E-state index contributed by atoms with van der Waals surface area (Å²) in [6.45, 7) is 1.93. The smallest absolute Gasteiger partial charge is 0.374 e. The largest absolute Gasteiger partial charge is 0.458 e. The van der Waals surface area contributed by atoms with Gasteiger partial charge in [0.25, 0.3) is 0 Å². The molecule has 0 aromatic heterocycles. The Morgan fingerprint density at radius 1 is 1.06 bits per heavy atom. The number of aliphatic hydroxyl groups excluding tert-OH is 1. The molecule has 8 heteroatoms. The van der Waals surface area contributed by atoms with Gasteiger partial charge in [-0.3, -0.25) is 4.79 Å². The first-order valence-corrected chi connectivity index (χ1v) is 5.46. The average Bonchev–Trinajstić information content (AvgIpc) is 2.34. The second-order valence-corrected chi connectivity index (χ2v) is 3.21. The molecule has 0 aliphatic heterocycles. The van der Waals surface area contributed by atoms with Gasteiger partial charge < -0.3 is 25.2 Å². The topological polar surface area (TPSA) is 114 Å². The van der Waals surface area contributed by atoms with Gasteiger partial charge in [0.2, 0.25) is 5.78 Å². The maximum Gasteiger partial charge on any atom is 0.374 e. The Kier molecular flexibility index (Phi) is 9.51. The van der Waals surface area contributed by atoms with E-state index in [9.17, 15) is 14.4 Å². The quantitative estimate of drug-likeness (QED) is 0.263. The van der Waals surface area contributed by atoms with Crippen LogP contribution in [-0.4, -0.2) is 62.4 Å². The lowest BCUT2D eigenvalue weighted by Crippen LogP contribution is -2.39. The highest BCUT2D eigenvalue weighted by Gasteiger charge is 2.08. The van der Waals surface area contributed by atoms with E-state index in [1.54, 1.807) is 0 Å². The summed E-state index contributed by atoms with van der Waals surface area (Å²) < 4.78 is 9.45. The van der Waals surface area contributed by atoms with Gasteiger partial charge in [-0.15, -0.1) is 0 Å². The number of ether oxygens (including phenoxy) is 2. The van der Waals surface area contributed by atoms with Gasteiger partial charge >= 0.3 is 12.0 Å². The number of carbonyl (C=O) groups is 3. The summed E-state index contributed by atoms with van der Waals surface area (Å²) in [5, 5.41) is 13.3. The second-order valence-electron chi connectivity index (χ2n) is 3.21. The van der Waals surface area contributed by atoms with Crippen molar-refractivity contribution in [1.82, 2.24) is 10.6 Å². The molecule has 0 aliphatic carbocycles. The van der Waals surface area contributed by atoms with Crippen molar-refractivity contribution < 1.29 is 29.0 Å². The number of nitrogens with one attached hydrogen (secondary N) is 2. The molecule has 0 bridgehead atoms. The van der Waals surface area contributed by atoms with Crippen molar-refractivity contribution in [2.45, 2.75) is 6.92 Å². The number of aliphatic hydroxyl groups is 1. The van der Waals surface area contributed by atoms with Gasteiger partial charge in [0.15, 0.2) is 0 Å². The average molecular weight is 262 g/mol. The van der Waals surface area contributed by atoms with Gasteiger partial charge in [-0.05, 0) is 0 Å². The van der Waals surface area contributed by atoms with E-state index in [1.807, 2.05) is 0 Å². The molecular formula is C10H18N2O6. The van der Waals surface area contributed by atoms with Crippen molar-refractivity contribution >= 4 is 17.8 Å². The fourth-order valence-electron chi connectivity index (χ4n) is 0.876. The Labute approximate surface area is 105 Å². The monoisotopic (exact) mass is 262 g/mol. The highest BCUT2D eigenvalue weighted by atomic mass is 16.5. The van der Waals surface area contributed by atoms with E-state index in [4.69, 9.17) is 9.84 Å². The van der Waals surface area contributed by atoms with Crippen LogP contribution in [0, 0.1) is 0 Å². The van der Waals surface area contributed by atoms with Crippen LogP contribution in [0.25, 0.3) is 0 Å². The van der Waals surface area contributed by atoms with Crippen LogP contribution in [0.4, 0.5) is 4.79 Å². The zero-order valence-electron chi connectivity index (χ0n) is 10.2. The van der Waals surface area contributed by atoms with Gasteiger partial charge in [-0.2, -0.15) is 0 Å². The third kappa shape index (κ3) is 9.55. The van der Waals surface area contributed by atoms with Crippen molar-refractivity contribution in [3.8, 4) is 0 Å². The van der Waals surface area contributed by atoms with Crippen LogP contribution in [0.2, 0.25) is 0 Å². The number of amides is 2. The SMILES string of the molecule is CC(=O)C(=O)OCCNC(=O)NCCOCCO. The Hall–Kier alpha value is -1.67. The molecule has 0 aromatic carbocycles. The third-order valence-electron chi connectivity index (χ3n) is 1.68. The van der Waals surface area contributed by atoms with Gasteiger partial charge in [-0.25, -0.2) is 9.59 Å². The van der Waals surface area contributed by atoms with Crippen molar-refractivity contribution in [3.05, 3.63) is 0 Å². The van der Waals surface area contributed by atoms with Crippen LogP contribution in [0.5, 0.6) is 0 Å². The molecular weight excluding hydrogens is 244 g/mol. The van der Waals surface area contributed by atoms with E-state index in [0.29, 0.717) is 13.2 Å². The summed E-state index contributed by atoms with van der Waals surface area (Å²) >= 11 is 0. The predicted octanol–water partition coefficient (Wildman–Crippen LogP) is -1.57. The number of urea groups is 1. The minimum absolute atomic E-state index is 0.0618. The molecule has 0 unspecified atom stereocenters. The van der Waals surface area contributed by atoms with E-state index >= 15 is 0 Å². The zero-order chi connectivity index (χ0) is 13.8. The summed E-state index contributed by atoms with van der Waals surface area (Å²) in [7, 11) is 0. The number of Topliss-reactive ketones (excluding diaryl/α,β-unsaturated/α-hetero) is 1. The Balaban J connectivity index is 3.37. The van der Waals surface area contributed by atoms with Gasteiger partial charge in [-0.1, -0.05) is 0 Å². The number of esters is 1. The second kappa shape index (κ2) is 10.5. The maximum atomic E-state index is 11.1. The van der Waals surface area contributed by atoms with E-state index < -0.39 is 17.8 Å². The summed E-state index contributed by atoms with van der Waals surface area (Å²) in [6, 6.07) is -0.429. The molecule has 0 fully saturated rings. The van der Waals surface area contributed by atoms with Crippen LogP contribution >= 0.6 is 0 Å². The minimum Gasteiger partial charge on any atom is -0.458 e.